The summed E-state index contributed by atoms with van der Waals surface area (Å²) in [7, 11) is 10.5. The van der Waals surface area contributed by atoms with Crippen LogP contribution in [0.3, 0.4) is 0 Å². The molecule has 0 amide bonds. The molecule has 0 radical (unpaired) electrons. The maximum Gasteiger partial charge on any atom is 0.123 e. The molecule has 0 saturated carbocycles. The van der Waals surface area contributed by atoms with Crippen molar-refractivity contribution in [1.82, 2.24) is 0 Å². The summed E-state index contributed by atoms with van der Waals surface area (Å²) >= 11 is 0. The van der Waals surface area contributed by atoms with Crippen LogP contribution < -0.4 is 43.0 Å². The van der Waals surface area contributed by atoms with Crippen LogP contribution in [0.5, 0.6) is 5.75 Å². The minimum absolute atomic E-state index is 0. The summed E-state index contributed by atoms with van der Waals surface area (Å²) in [5, 5.41) is 0. The van der Waals surface area contributed by atoms with Crippen LogP contribution in [0.15, 0.2) is 394 Å². The normalized spacial score (nSPS) is 9.57. The summed E-state index contributed by atoms with van der Waals surface area (Å²) in [6, 6.07) is 135. The first-order chi connectivity index (χ1) is 53.9. The fraction of sp³-hybridized carbons (Fsp3) is 0.192. The van der Waals surface area contributed by atoms with Crippen LogP contribution in [0, 0.1) is 39.3 Å². The fourth-order valence-corrected chi connectivity index (χ4v) is 12.8. The van der Waals surface area contributed by atoms with Gasteiger partial charge in [-0.3, -0.25) is 0 Å². The van der Waals surface area contributed by atoms with Crippen LogP contribution >= 0.6 is 0 Å². The van der Waals surface area contributed by atoms with Crippen LogP contribution in [0.25, 0.3) is 0 Å². The van der Waals surface area contributed by atoms with Gasteiger partial charge in [0, 0.05) is 36.4 Å². The molecule has 0 unspecified atom stereocenters. The summed E-state index contributed by atoms with van der Waals surface area (Å²) < 4.78 is 30.7. The van der Waals surface area contributed by atoms with E-state index in [-0.39, 0.29) is 92.3 Å². The van der Waals surface area contributed by atoms with Crippen molar-refractivity contribution >= 4 is 89.2 Å². The molecule has 0 aliphatic rings. The first-order valence-corrected chi connectivity index (χ1v) is 41.9. The smallest absolute Gasteiger partial charge is 0.123 e. The van der Waals surface area contributed by atoms with Gasteiger partial charge in [-0.05, 0) is 78.7 Å². The molecule has 2 nitrogen and oxygen atoms in total. The molecule has 14 aromatic carbocycles. The molecule has 0 atom stereocenters. The van der Waals surface area contributed by atoms with Gasteiger partial charge in [0.1, 0.15) is 17.4 Å². The number of benzene rings is 14. The second-order valence-electron chi connectivity index (χ2n) is 31.1. The second kappa shape index (κ2) is 63.5. The van der Waals surface area contributed by atoms with E-state index in [9.17, 15) is 8.78 Å². The Bertz CT molecular complexity index is 4210. The maximum atomic E-state index is 12.7. The zero-order valence-electron chi connectivity index (χ0n) is 70.2. The molecular weight excluding hydrogens is 1390 g/mol. The predicted octanol–water partition coefficient (Wildman–Crippen LogP) is 17.2. The Morgan fingerprint density at radius 2 is 0.443 bits per heavy atom. The zero-order valence-corrected chi connectivity index (χ0v) is 70.2. The van der Waals surface area contributed by atoms with Gasteiger partial charge in [0.05, 0.1) is 35.3 Å². The third-order valence-electron chi connectivity index (χ3n) is 19.9. The molecule has 0 aliphatic heterocycles. The van der Waals surface area contributed by atoms with Crippen LogP contribution in [-0.4, -0.2) is 90.7 Å². The molecule has 606 valence electrons. The Hall–Kier alpha value is -10.8. The van der Waals surface area contributed by atoms with Crippen LogP contribution in [0.1, 0.15) is 79.8 Å². The summed E-state index contributed by atoms with van der Waals surface area (Å²) in [5.41, 5.74) is 23.0. The number of rotatable bonds is 18. The Kier molecular flexibility index (Phi) is 56.5. The van der Waals surface area contributed by atoms with E-state index in [1.807, 2.05) is 49.4 Å². The average molecular weight is 1530 g/mol. The lowest BCUT2D eigenvalue weighted by molar-refractivity contribution is -0.849. The predicted molar refractivity (Wildman–Crippen MR) is 534 cm³/mol. The largest absolute Gasteiger partial charge is 0.497 e. The monoisotopic (exact) mass is 1530 g/mol. The highest BCUT2D eigenvalue weighted by molar-refractivity contribution is 6.55. The third-order valence-corrected chi connectivity index (χ3v) is 19.9. The Morgan fingerprint density at radius 3 is 0.687 bits per heavy atom. The van der Waals surface area contributed by atoms with E-state index in [0.29, 0.717) is 0 Å². The van der Waals surface area contributed by atoms with Gasteiger partial charge in [-0.2, -0.15) is 45.2 Å². The lowest BCUT2D eigenvalue weighted by Gasteiger charge is -2.14. The van der Waals surface area contributed by atoms with E-state index in [0.717, 1.165) is 22.1 Å². The summed E-state index contributed by atoms with van der Waals surface area (Å²) in [5.74, 6) is 0.592. The molecule has 115 heavy (non-hydrogen) atoms. The lowest BCUT2D eigenvalue weighted by atomic mass is 9.65. The first kappa shape index (κ1) is 102. The van der Waals surface area contributed by atoms with Gasteiger partial charge in [-0.15, -0.1) is 0 Å². The number of hydrogen-bond donors (Lipinski definition) is 0. The van der Waals surface area contributed by atoms with Crippen LogP contribution in [-0.2, 0) is 31.6 Å². The Morgan fingerprint density at radius 1 is 0.243 bits per heavy atom. The number of halogens is 2. The van der Waals surface area contributed by atoms with Gasteiger partial charge in [0.2, 0.25) is 0 Å². The van der Waals surface area contributed by atoms with Gasteiger partial charge < -0.3 is 9.22 Å². The highest BCUT2D eigenvalue weighted by Gasteiger charge is 1.97. The molecule has 11 heteroatoms. The molecule has 0 heterocycles. The topological polar surface area (TPSA) is 9.23 Å². The number of methoxy groups -OCH3 is 1. The standard InChI is InChI=1S/2C14H16B.C13H13BF.2C13H14B.C8H10O.2C7H10B.C7H7F.C4H12N.4CH4/c1-12-7-5-6-8-13(12)11-15-14-9-3-2-4-10-14;1-12-7-9-13(10-8-12)11-15-14-5-3-2-4-6-14;15-13-8-6-11(7-9-13)10-14-12-4-2-1-3-5-12;2*1-3-7-12(8-4-1)11-14-13-9-5-2-6-10-13;1-7-3-5-8(9-2)6-4-7;2*1-8-7-5-3-2-4-6-7;1-6-2-4-7(8)5-3-6;1-5(2,3)4;;;;/h2*2-10H,11,15H2,1H3;1-9H,10,14H2;2*1-10H,11,14H2;3-6H,1-2H3;2*2-6H,8H2,1H3;2-5H,1H3;1-4H3;4*1H4/q5*-1;;2*-1;;+1;;;;. The van der Waals surface area contributed by atoms with Crippen molar-refractivity contribution < 1.29 is 18.0 Å². The number of nitrogens with zero attached hydrogens (tertiary/aromatic N) is 1. The number of hydrogen-bond acceptors (Lipinski definition) is 1. The second-order valence-corrected chi connectivity index (χ2v) is 31.1. The minimum atomic E-state index is -0.171. The molecule has 0 aromatic heterocycles. The van der Waals surface area contributed by atoms with Crippen molar-refractivity contribution in [3.05, 3.63) is 456 Å². The first-order valence-electron chi connectivity index (χ1n) is 41.9. The van der Waals surface area contributed by atoms with Gasteiger partial charge in [-0.1, -0.05) is 438 Å². The van der Waals surface area contributed by atoms with Gasteiger partial charge in [0.25, 0.3) is 0 Å². The third kappa shape index (κ3) is 51.5. The average Bonchev–Trinajstić information content (AvgIpc) is 0.905. The summed E-state index contributed by atoms with van der Waals surface area (Å²) in [6.07, 6.45) is 6.11. The fourth-order valence-electron chi connectivity index (χ4n) is 12.8. The van der Waals surface area contributed by atoms with Crippen LogP contribution in [0.4, 0.5) is 8.78 Å². The van der Waals surface area contributed by atoms with Crippen molar-refractivity contribution in [2.45, 2.75) is 103 Å². The van der Waals surface area contributed by atoms with Crippen molar-refractivity contribution in [1.29, 1.82) is 0 Å². The van der Waals surface area contributed by atoms with E-state index in [2.05, 4.69) is 378 Å². The Balaban J connectivity index is 0.000000645. The molecular formula is C104H138B7F2NO-6. The molecule has 0 N–H and O–H groups in total. The van der Waals surface area contributed by atoms with Crippen molar-refractivity contribution in [3.8, 4) is 5.75 Å². The molecule has 0 spiro atoms. The number of quaternary nitrogens is 1. The van der Waals surface area contributed by atoms with Gasteiger partial charge >= 0.3 is 0 Å². The number of aryl methyl sites for hydroxylation is 4. The van der Waals surface area contributed by atoms with Crippen molar-refractivity contribution in [2.24, 2.45) is 0 Å². The molecule has 0 saturated heterocycles. The molecule has 0 fully saturated rings. The lowest BCUT2D eigenvalue weighted by Crippen LogP contribution is -2.27. The van der Waals surface area contributed by atoms with E-state index in [1.165, 1.54) is 127 Å². The number of ether oxygens (including phenoxy) is 1. The van der Waals surface area contributed by atoms with E-state index in [4.69, 9.17) is 4.74 Å². The SMILES string of the molecule is C.C.C.C.COc1ccc(C)cc1.C[BH2-]c1ccccc1.C[BH2-]c1ccccc1.C[N+](C)(C)C.Cc1ccc(C[BH2-]c2ccccc2)cc1.Cc1ccc(F)cc1.Cc1ccccc1C[BH2-]c1ccccc1.Fc1ccc(C[BH2-]c2ccccc2)cc1.[BH2-](Cc1ccccc1)c1ccccc1.[BH2-](Cc1ccccc1)c1ccccc1. The molecule has 0 bridgehead atoms. The highest BCUT2D eigenvalue weighted by Crippen LogP contribution is 2.11. The minimum Gasteiger partial charge on any atom is -0.497 e. The van der Waals surface area contributed by atoms with Crippen molar-refractivity contribution in [2.75, 3.05) is 35.3 Å². The quantitative estimate of drug-likeness (QED) is 0.0615. The van der Waals surface area contributed by atoms with Gasteiger partial charge in [0.15, 0.2) is 0 Å². The summed E-state index contributed by atoms with van der Waals surface area (Å²) in [4.78, 5) is 0. The highest BCUT2D eigenvalue weighted by atomic mass is 19.1. The van der Waals surface area contributed by atoms with Crippen LogP contribution in [0.2, 0.25) is 13.6 Å². The van der Waals surface area contributed by atoms with Gasteiger partial charge in [-0.25, -0.2) is 47.0 Å². The zero-order chi connectivity index (χ0) is 79.6. The van der Waals surface area contributed by atoms with E-state index >= 15 is 0 Å². The van der Waals surface area contributed by atoms with E-state index in [1.54, 1.807) is 24.7 Å². The van der Waals surface area contributed by atoms with Crippen molar-refractivity contribution in [3.63, 3.8) is 0 Å². The molecule has 14 rings (SSSR count). The molecule has 0 aliphatic carbocycles. The molecule has 14 aromatic rings. The summed E-state index contributed by atoms with van der Waals surface area (Å²) in [6.45, 7) is 12.9. The van der Waals surface area contributed by atoms with E-state index < -0.39 is 0 Å². The maximum absolute atomic E-state index is 12.7. The Labute approximate surface area is 702 Å².